The molecule has 0 fully saturated rings. The minimum atomic E-state index is -0.523. The Bertz CT molecular complexity index is 950. The first kappa shape index (κ1) is 17.8. The number of ether oxygens (including phenoxy) is 2. The van der Waals surface area contributed by atoms with Crippen LogP contribution < -0.4 is 10.1 Å². The molecule has 1 N–H and O–H groups in total. The highest BCUT2D eigenvalue weighted by atomic mass is 35.5. The monoisotopic (exact) mass is 373 g/mol. The normalized spacial score (nSPS) is 10.5. The van der Waals surface area contributed by atoms with E-state index in [4.69, 9.17) is 25.5 Å². The maximum atomic E-state index is 12.0. The molecule has 26 heavy (non-hydrogen) atoms. The fourth-order valence-electron chi connectivity index (χ4n) is 2.44. The van der Waals surface area contributed by atoms with Crippen LogP contribution in [-0.2, 0) is 20.7 Å². The van der Waals surface area contributed by atoms with Gasteiger partial charge in [-0.15, -0.1) is 0 Å². The number of rotatable bonds is 6. The maximum absolute atomic E-state index is 12.0. The summed E-state index contributed by atoms with van der Waals surface area (Å²) in [6.45, 7) is -0.380. The molecule has 0 radical (unpaired) electrons. The Balaban J connectivity index is 1.55. The van der Waals surface area contributed by atoms with Crippen LogP contribution >= 0.6 is 11.6 Å². The fraction of sp³-hybridized carbons (Fsp3) is 0.158. The second-order valence-electron chi connectivity index (χ2n) is 5.52. The van der Waals surface area contributed by atoms with Crippen LogP contribution in [0.5, 0.6) is 5.75 Å². The van der Waals surface area contributed by atoms with Gasteiger partial charge in [0.05, 0.1) is 19.8 Å². The Morgan fingerprint density at radius 3 is 2.81 bits per heavy atom. The quantitative estimate of drug-likeness (QED) is 0.664. The Hall–Kier alpha value is -2.99. The molecule has 3 rings (SSSR count). The standard InChI is InChI=1S/C19H16ClNO5/c1-24-15-5-6-16-12(10-25-17(16)9-15)7-19(23)26-11-18(22)21-14-4-2-3-13(20)8-14/h2-6,8-10H,7,11H2,1H3,(H,21,22). The van der Waals surface area contributed by atoms with Gasteiger partial charge in [-0.3, -0.25) is 9.59 Å². The number of furan rings is 1. The van der Waals surface area contributed by atoms with Crippen molar-refractivity contribution in [1.29, 1.82) is 0 Å². The van der Waals surface area contributed by atoms with Gasteiger partial charge in [0.25, 0.3) is 5.91 Å². The summed E-state index contributed by atoms with van der Waals surface area (Å²) in [6, 6.07) is 12.0. The number of hydrogen-bond donors (Lipinski definition) is 1. The van der Waals surface area contributed by atoms with Gasteiger partial charge < -0.3 is 19.2 Å². The second-order valence-corrected chi connectivity index (χ2v) is 5.96. The summed E-state index contributed by atoms with van der Waals surface area (Å²) < 4.78 is 15.6. The zero-order chi connectivity index (χ0) is 18.5. The van der Waals surface area contributed by atoms with Crippen LogP contribution in [0.4, 0.5) is 5.69 Å². The van der Waals surface area contributed by atoms with E-state index < -0.39 is 11.9 Å². The van der Waals surface area contributed by atoms with Gasteiger partial charge in [-0.05, 0) is 30.3 Å². The minimum Gasteiger partial charge on any atom is -0.497 e. The third-order valence-corrected chi connectivity index (χ3v) is 3.91. The average Bonchev–Trinajstić information content (AvgIpc) is 3.02. The van der Waals surface area contributed by atoms with E-state index in [-0.39, 0.29) is 13.0 Å². The van der Waals surface area contributed by atoms with Gasteiger partial charge >= 0.3 is 5.97 Å². The van der Waals surface area contributed by atoms with Gasteiger partial charge in [0.15, 0.2) is 6.61 Å². The van der Waals surface area contributed by atoms with Crippen molar-refractivity contribution in [3.05, 3.63) is 59.3 Å². The molecular formula is C19H16ClNO5. The molecule has 134 valence electrons. The van der Waals surface area contributed by atoms with E-state index in [1.165, 1.54) is 6.26 Å². The zero-order valence-corrected chi connectivity index (χ0v) is 14.7. The van der Waals surface area contributed by atoms with Gasteiger partial charge in [-0.25, -0.2) is 0 Å². The summed E-state index contributed by atoms with van der Waals surface area (Å²) in [6.07, 6.45) is 1.50. The molecule has 1 aromatic heterocycles. The van der Waals surface area contributed by atoms with Gasteiger partial charge in [0.1, 0.15) is 11.3 Å². The number of methoxy groups -OCH3 is 1. The van der Waals surface area contributed by atoms with Crippen molar-refractivity contribution < 1.29 is 23.5 Å². The van der Waals surface area contributed by atoms with Gasteiger partial charge in [-0.2, -0.15) is 0 Å². The van der Waals surface area contributed by atoms with Crippen LogP contribution in [0.2, 0.25) is 5.02 Å². The maximum Gasteiger partial charge on any atom is 0.310 e. The highest BCUT2D eigenvalue weighted by Crippen LogP contribution is 2.26. The van der Waals surface area contributed by atoms with E-state index in [0.29, 0.717) is 27.6 Å². The number of nitrogens with one attached hydrogen (secondary N) is 1. The number of amides is 1. The van der Waals surface area contributed by atoms with E-state index in [0.717, 1.165) is 5.39 Å². The number of benzene rings is 2. The molecule has 0 saturated heterocycles. The molecule has 6 nitrogen and oxygen atoms in total. The Morgan fingerprint density at radius 1 is 1.19 bits per heavy atom. The Labute approximate surface area is 154 Å². The summed E-state index contributed by atoms with van der Waals surface area (Å²) in [7, 11) is 1.57. The van der Waals surface area contributed by atoms with Crippen molar-refractivity contribution in [2.75, 3.05) is 19.0 Å². The highest BCUT2D eigenvalue weighted by molar-refractivity contribution is 6.30. The number of hydrogen-bond acceptors (Lipinski definition) is 5. The lowest BCUT2D eigenvalue weighted by Gasteiger charge is -2.06. The predicted molar refractivity (Wildman–Crippen MR) is 97.5 cm³/mol. The summed E-state index contributed by atoms with van der Waals surface area (Å²) >= 11 is 5.85. The van der Waals surface area contributed by atoms with Gasteiger partial charge in [-0.1, -0.05) is 17.7 Å². The summed E-state index contributed by atoms with van der Waals surface area (Å²) in [4.78, 5) is 23.8. The van der Waals surface area contributed by atoms with Crippen LogP contribution in [0, 0.1) is 0 Å². The summed E-state index contributed by atoms with van der Waals surface area (Å²) in [5, 5.41) is 3.91. The molecule has 0 unspecified atom stereocenters. The smallest absolute Gasteiger partial charge is 0.310 e. The number of fused-ring (bicyclic) bond motifs is 1. The minimum absolute atomic E-state index is 0.00374. The largest absolute Gasteiger partial charge is 0.497 e. The van der Waals surface area contributed by atoms with E-state index in [1.54, 1.807) is 43.5 Å². The lowest BCUT2D eigenvalue weighted by Crippen LogP contribution is -2.21. The Kier molecular flexibility index (Phi) is 5.43. The molecule has 1 amide bonds. The van der Waals surface area contributed by atoms with Gasteiger partial charge in [0, 0.05) is 27.7 Å². The van der Waals surface area contributed by atoms with Crippen molar-refractivity contribution in [2.24, 2.45) is 0 Å². The number of carbonyl (C=O) groups excluding carboxylic acids is 2. The number of esters is 1. The van der Waals surface area contributed by atoms with Crippen molar-refractivity contribution >= 4 is 40.1 Å². The topological polar surface area (TPSA) is 77.8 Å². The summed E-state index contributed by atoms with van der Waals surface area (Å²) in [5.41, 5.74) is 1.84. The molecule has 0 bridgehead atoms. The van der Waals surface area contributed by atoms with Crippen molar-refractivity contribution in [1.82, 2.24) is 0 Å². The number of anilines is 1. The zero-order valence-electron chi connectivity index (χ0n) is 14.0. The average molecular weight is 374 g/mol. The van der Waals surface area contributed by atoms with Gasteiger partial charge in [0.2, 0.25) is 0 Å². The number of halogens is 1. The van der Waals surface area contributed by atoms with Crippen LogP contribution in [-0.4, -0.2) is 25.6 Å². The van der Waals surface area contributed by atoms with E-state index in [1.807, 2.05) is 6.07 Å². The van der Waals surface area contributed by atoms with Crippen LogP contribution in [0.1, 0.15) is 5.56 Å². The lowest BCUT2D eigenvalue weighted by molar-refractivity contribution is -0.146. The SMILES string of the molecule is COc1ccc2c(CC(=O)OCC(=O)Nc3cccc(Cl)c3)coc2c1. The molecule has 0 spiro atoms. The highest BCUT2D eigenvalue weighted by Gasteiger charge is 2.13. The van der Waals surface area contributed by atoms with Crippen LogP contribution in [0.3, 0.4) is 0 Å². The second kappa shape index (κ2) is 7.93. The van der Waals surface area contributed by atoms with E-state index in [2.05, 4.69) is 5.32 Å². The third kappa shape index (κ3) is 4.34. The fourth-order valence-corrected chi connectivity index (χ4v) is 2.63. The van der Waals surface area contributed by atoms with Crippen molar-refractivity contribution in [3.8, 4) is 5.75 Å². The lowest BCUT2D eigenvalue weighted by atomic mass is 10.1. The summed E-state index contributed by atoms with van der Waals surface area (Å²) in [5.74, 6) is -0.300. The molecule has 1 heterocycles. The molecule has 0 saturated carbocycles. The Morgan fingerprint density at radius 2 is 2.04 bits per heavy atom. The first-order chi connectivity index (χ1) is 12.5. The predicted octanol–water partition coefficient (Wildman–Crippen LogP) is 3.82. The molecule has 0 aliphatic carbocycles. The number of carbonyl (C=O) groups is 2. The van der Waals surface area contributed by atoms with Crippen molar-refractivity contribution in [3.63, 3.8) is 0 Å². The molecule has 7 heteroatoms. The molecule has 0 aliphatic rings. The van der Waals surface area contributed by atoms with Crippen molar-refractivity contribution in [2.45, 2.75) is 6.42 Å². The van der Waals surface area contributed by atoms with E-state index in [9.17, 15) is 9.59 Å². The first-order valence-electron chi connectivity index (χ1n) is 7.80. The molecular weight excluding hydrogens is 358 g/mol. The molecule has 0 aliphatic heterocycles. The third-order valence-electron chi connectivity index (χ3n) is 3.67. The molecule has 2 aromatic carbocycles. The van der Waals surface area contributed by atoms with Crippen LogP contribution in [0.15, 0.2) is 53.1 Å². The van der Waals surface area contributed by atoms with E-state index >= 15 is 0 Å². The molecule has 0 atom stereocenters. The first-order valence-corrected chi connectivity index (χ1v) is 8.18. The molecule has 3 aromatic rings. The van der Waals surface area contributed by atoms with Crippen LogP contribution in [0.25, 0.3) is 11.0 Å².